The Kier molecular flexibility index (Phi) is 15.9. The maximum atomic E-state index is 2.43. The van der Waals surface area contributed by atoms with Crippen LogP contribution in [0.25, 0.3) is 39.7 Å². The Hall–Kier alpha value is -1.94. The Bertz CT molecular complexity index is 1430. The molecule has 0 radical (unpaired) electrons. The van der Waals surface area contributed by atoms with E-state index in [2.05, 4.69) is 74.5 Å². The van der Waals surface area contributed by atoms with E-state index >= 15 is 0 Å². The van der Waals surface area contributed by atoms with Crippen molar-refractivity contribution in [3.05, 3.63) is 71.8 Å². The first-order valence-electron chi connectivity index (χ1n) is 19.4. The summed E-state index contributed by atoms with van der Waals surface area (Å²) < 4.78 is 5.84. The standard InChI is InChI=1S/C44H60S3/c1-3-5-7-9-11-13-15-17-19-21-23-35-25-29-37(30-26-35)39-33-41-43(46-39)44-42(45-41)34-40(47-44)38-31-27-36(28-32-38)24-22-20-18-16-14-12-10-8-6-4-2/h25-34H,3-24H2,1-2H3. The second-order valence-electron chi connectivity index (χ2n) is 14.0. The van der Waals surface area contributed by atoms with E-state index in [1.54, 1.807) is 0 Å². The highest BCUT2D eigenvalue weighted by molar-refractivity contribution is 7.40. The molecule has 5 aromatic rings. The number of unbranched alkanes of at least 4 members (excludes halogenated alkanes) is 18. The topological polar surface area (TPSA) is 0 Å². The molecule has 0 unspecified atom stereocenters. The quantitative estimate of drug-likeness (QED) is 0.0568. The van der Waals surface area contributed by atoms with Gasteiger partial charge in [-0.2, -0.15) is 0 Å². The van der Waals surface area contributed by atoms with Crippen LogP contribution in [0.1, 0.15) is 153 Å². The SMILES string of the molecule is CCCCCCCCCCCCc1ccc(-c2cc3sc4cc(-c5ccc(CCCCCCCCCCCC)cc5)sc4c3s2)cc1. The minimum atomic E-state index is 1.22. The Labute approximate surface area is 299 Å². The monoisotopic (exact) mass is 684 g/mol. The maximum Gasteiger partial charge on any atom is 0.0636 e. The molecule has 0 amide bonds. The van der Waals surface area contributed by atoms with Crippen LogP contribution in [0.2, 0.25) is 0 Å². The molecule has 2 aromatic carbocycles. The number of hydrogen-bond donors (Lipinski definition) is 0. The van der Waals surface area contributed by atoms with Gasteiger partial charge in [0.25, 0.3) is 0 Å². The Morgan fingerprint density at radius 1 is 0.362 bits per heavy atom. The fourth-order valence-electron chi connectivity index (χ4n) is 6.92. The predicted molar refractivity (Wildman–Crippen MR) is 217 cm³/mol. The van der Waals surface area contributed by atoms with Crippen LogP contribution in [0.5, 0.6) is 0 Å². The Balaban J connectivity index is 1.05. The molecule has 5 rings (SSSR count). The second kappa shape index (κ2) is 20.5. The summed E-state index contributed by atoms with van der Waals surface area (Å²) in [5.74, 6) is 0. The number of thiophene rings is 3. The summed E-state index contributed by atoms with van der Waals surface area (Å²) >= 11 is 5.93. The molecule has 0 N–H and O–H groups in total. The number of rotatable bonds is 24. The number of benzene rings is 2. The van der Waals surface area contributed by atoms with E-state index in [9.17, 15) is 0 Å². The predicted octanol–water partition coefficient (Wildman–Crippen LogP) is 16.4. The van der Waals surface area contributed by atoms with Gasteiger partial charge in [0.15, 0.2) is 0 Å². The fraction of sp³-hybridized carbons (Fsp3) is 0.545. The zero-order valence-corrected chi connectivity index (χ0v) is 32.0. The van der Waals surface area contributed by atoms with Crippen LogP contribution in [0, 0.1) is 0 Å². The lowest BCUT2D eigenvalue weighted by molar-refractivity contribution is 0.556. The van der Waals surface area contributed by atoms with E-state index in [4.69, 9.17) is 0 Å². The third-order valence-electron chi connectivity index (χ3n) is 9.94. The molecule has 0 atom stereocenters. The minimum Gasteiger partial charge on any atom is -0.133 e. The van der Waals surface area contributed by atoms with Crippen LogP contribution in [-0.2, 0) is 12.8 Å². The van der Waals surface area contributed by atoms with Gasteiger partial charge in [-0.05, 0) is 60.1 Å². The first-order chi connectivity index (χ1) is 23.2. The smallest absolute Gasteiger partial charge is 0.0636 e. The first-order valence-corrected chi connectivity index (χ1v) is 21.8. The molecule has 3 aromatic heterocycles. The van der Waals surface area contributed by atoms with Gasteiger partial charge in [-0.3, -0.25) is 0 Å². The van der Waals surface area contributed by atoms with Gasteiger partial charge in [0.1, 0.15) is 0 Å². The van der Waals surface area contributed by atoms with Crippen molar-refractivity contribution in [3.63, 3.8) is 0 Å². The molecular formula is C44H60S3. The third kappa shape index (κ3) is 11.6. The molecule has 0 saturated heterocycles. The van der Waals surface area contributed by atoms with Gasteiger partial charge < -0.3 is 0 Å². The second-order valence-corrected chi connectivity index (χ2v) is 17.2. The fourth-order valence-corrected chi connectivity index (χ4v) is 11.0. The van der Waals surface area contributed by atoms with Crippen molar-refractivity contribution in [1.29, 1.82) is 0 Å². The van der Waals surface area contributed by atoms with Crippen molar-refractivity contribution in [2.75, 3.05) is 0 Å². The summed E-state index contributed by atoms with van der Waals surface area (Å²) in [4.78, 5) is 2.81. The largest absolute Gasteiger partial charge is 0.133 e. The summed E-state index contributed by atoms with van der Waals surface area (Å²) in [7, 11) is 0. The van der Waals surface area contributed by atoms with Crippen LogP contribution in [0.3, 0.4) is 0 Å². The average molecular weight is 685 g/mol. The molecule has 0 aliphatic carbocycles. The summed E-state index contributed by atoms with van der Waals surface area (Å²) in [6.45, 7) is 4.60. The van der Waals surface area contributed by atoms with E-state index < -0.39 is 0 Å². The van der Waals surface area contributed by atoms with Crippen LogP contribution in [0.4, 0.5) is 0 Å². The van der Waals surface area contributed by atoms with Gasteiger partial charge in [0, 0.05) is 19.2 Å². The third-order valence-corrected chi connectivity index (χ3v) is 13.8. The lowest BCUT2D eigenvalue weighted by Crippen LogP contribution is -1.87. The molecule has 0 aliphatic heterocycles. The summed E-state index contributed by atoms with van der Waals surface area (Å²) in [5.41, 5.74) is 5.72. The molecule has 47 heavy (non-hydrogen) atoms. The van der Waals surface area contributed by atoms with Crippen molar-refractivity contribution < 1.29 is 0 Å². The molecule has 3 heteroatoms. The van der Waals surface area contributed by atoms with E-state index in [1.807, 2.05) is 34.0 Å². The van der Waals surface area contributed by atoms with Gasteiger partial charge in [-0.1, -0.05) is 178 Å². The number of fused-ring (bicyclic) bond motifs is 3. The lowest BCUT2D eigenvalue weighted by atomic mass is 10.0. The first kappa shape index (κ1) is 36.3. The van der Waals surface area contributed by atoms with Crippen molar-refractivity contribution in [2.45, 2.75) is 155 Å². The molecule has 254 valence electrons. The lowest BCUT2D eigenvalue weighted by Gasteiger charge is -2.04. The van der Waals surface area contributed by atoms with Crippen molar-refractivity contribution in [1.82, 2.24) is 0 Å². The highest BCUT2D eigenvalue weighted by Crippen LogP contribution is 2.48. The van der Waals surface area contributed by atoms with Gasteiger partial charge in [-0.25, -0.2) is 0 Å². The normalized spacial score (nSPS) is 11.8. The van der Waals surface area contributed by atoms with E-state index in [1.165, 1.54) is 192 Å². The van der Waals surface area contributed by atoms with Gasteiger partial charge >= 0.3 is 0 Å². The molecule has 0 nitrogen and oxygen atoms in total. The van der Waals surface area contributed by atoms with Crippen molar-refractivity contribution >= 4 is 52.8 Å². The number of hydrogen-bond acceptors (Lipinski definition) is 3. The molecule has 0 bridgehead atoms. The molecular weight excluding hydrogens is 625 g/mol. The van der Waals surface area contributed by atoms with Gasteiger partial charge in [0.2, 0.25) is 0 Å². The van der Waals surface area contributed by atoms with Crippen LogP contribution in [0.15, 0.2) is 60.7 Å². The van der Waals surface area contributed by atoms with Crippen LogP contribution in [-0.4, -0.2) is 0 Å². The number of aryl methyl sites for hydroxylation is 2. The van der Waals surface area contributed by atoms with E-state index in [0.717, 1.165) is 0 Å². The highest BCUT2D eigenvalue weighted by Gasteiger charge is 2.15. The van der Waals surface area contributed by atoms with Gasteiger partial charge in [-0.15, -0.1) is 34.0 Å². The minimum absolute atomic E-state index is 1.22. The summed E-state index contributed by atoms with van der Waals surface area (Å²) in [6, 6.07) is 23.8. The molecule has 0 aliphatic rings. The Morgan fingerprint density at radius 3 is 1.02 bits per heavy atom. The van der Waals surface area contributed by atoms with Crippen LogP contribution < -0.4 is 0 Å². The zero-order chi connectivity index (χ0) is 32.5. The van der Waals surface area contributed by atoms with E-state index in [-0.39, 0.29) is 0 Å². The Morgan fingerprint density at radius 2 is 0.681 bits per heavy atom. The van der Waals surface area contributed by atoms with Crippen molar-refractivity contribution in [2.24, 2.45) is 0 Å². The van der Waals surface area contributed by atoms with Gasteiger partial charge in [0.05, 0.1) is 9.40 Å². The van der Waals surface area contributed by atoms with Crippen molar-refractivity contribution in [3.8, 4) is 20.9 Å². The van der Waals surface area contributed by atoms with E-state index in [0.29, 0.717) is 0 Å². The molecule has 0 saturated carbocycles. The summed E-state index contributed by atoms with van der Waals surface area (Å²) in [5, 5.41) is 0. The molecule has 0 fully saturated rings. The molecule has 0 spiro atoms. The maximum absolute atomic E-state index is 2.43. The zero-order valence-electron chi connectivity index (χ0n) is 29.6. The summed E-state index contributed by atoms with van der Waals surface area (Å²) in [6.07, 6.45) is 30.5. The highest BCUT2D eigenvalue weighted by atomic mass is 32.1. The molecule has 3 heterocycles. The average Bonchev–Trinajstić information content (AvgIpc) is 3.78. The van der Waals surface area contributed by atoms with Crippen LogP contribution >= 0.6 is 34.0 Å².